The highest BCUT2D eigenvalue weighted by Crippen LogP contribution is 2.57. The molecule has 31 heteroatoms. The van der Waals surface area contributed by atoms with Crippen molar-refractivity contribution in [1.29, 1.82) is 0 Å². The molecule has 0 N–H and O–H groups in total. The van der Waals surface area contributed by atoms with E-state index in [-0.39, 0.29) is 65.6 Å². The van der Waals surface area contributed by atoms with E-state index in [1.165, 1.54) is 289 Å². The number of carbonyl (C=O) groups excluding carboxylic acids is 4. The predicted molar refractivity (Wildman–Crippen MR) is 426 cm³/mol. The van der Waals surface area contributed by atoms with Crippen molar-refractivity contribution >= 4 is 23.9 Å². The van der Waals surface area contributed by atoms with Gasteiger partial charge in [0, 0.05) is 6.42 Å². The van der Waals surface area contributed by atoms with Crippen molar-refractivity contribution < 1.29 is 141 Å². The Balaban J connectivity index is 1.33. The van der Waals surface area contributed by atoms with Crippen molar-refractivity contribution in [1.82, 2.24) is 0 Å². The average molecular weight is 1750 g/mol. The van der Waals surface area contributed by atoms with Crippen molar-refractivity contribution in [3.05, 3.63) is 102 Å². The van der Waals surface area contributed by atoms with Crippen LogP contribution in [-0.4, -0.2) is 105 Å². The molecule has 0 aliphatic carbocycles. The smallest absolute Gasteiger partial charge is 0.462 e. The van der Waals surface area contributed by atoms with Crippen molar-refractivity contribution in [2.75, 3.05) is 33.0 Å². The number of hydrogen-bond donors (Lipinski definition) is 0. The Bertz CT molecular complexity index is 3430. The van der Waals surface area contributed by atoms with Gasteiger partial charge in [0.2, 0.25) is 5.75 Å². The summed E-state index contributed by atoms with van der Waals surface area (Å²) < 4.78 is 279. The van der Waals surface area contributed by atoms with Crippen LogP contribution in [0.5, 0.6) is 40.2 Å². The first-order valence-electron chi connectivity index (χ1n) is 43.5. The summed E-state index contributed by atoms with van der Waals surface area (Å²) in [5.74, 6) is -25.0. The Hall–Kier alpha value is -7.31. The fourth-order valence-electron chi connectivity index (χ4n) is 13.0. The second kappa shape index (κ2) is 56.5. The minimum absolute atomic E-state index is 0.0270. The quantitative estimate of drug-likeness (QED) is 0.0178. The van der Waals surface area contributed by atoms with Crippen LogP contribution in [-0.2, 0) is 19.0 Å². The SMILES string of the molecule is CCCCCCCCCCCCCCCCOc1cc(C(=O)Oc2ccc(C(=O)Oc3ccc(OC(=O)c4ccc(OCCCCCC(=O)OCC(F)(OC(F)(F)C(F)(OC(F)(F)C(F)(F)C(F)(F)F)C(F)(F)F)C(F)(F)F)cc4)cc3)cc2)cc(OCCCCCCCCCCCCCCCC)c1OCCCCCCCCCCCCCCCC. The van der Waals surface area contributed by atoms with E-state index in [0.29, 0.717) is 37.1 Å². The Labute approximate surface area is 701 Å². The highest BCUT2D eigenvalue weighted by molar-refractivity contribution is 5.94. The summed E-state index contributed by atoms with van der Waals surface area (Å²) in [5.41, 5.74) is 0.326. The summed E-state index contributed by atoms with van der Waals surface area (Å²) in [4.78, 5) is 52.7. The van der Waals surface area contributed by atoms with Gasteiger partial charge in [-0.2, -0.15) is 74.6 Å². The average Bonchev–Trinajstić information content (AvgIpc) is 0.724. The zero-order chi connectivity index (χ0) is 89.1. The standard InChI is InChI=1S/C90H125F17O14/c1-4-7-10-13-16-19-22-25-28-31-34-37-40-45-63-113-76-66-71(67-77(114-64-46-41-38-35-32-29-26-23-20-17-14-11-8-5-2)79(76)115-65-47-42-39-36-33-30-27-24-21-18-15-12-9-6-3)82(111)119-73-56-52-70(53-57-73)81(110)118-75-60-58-74(59-61-75)117-80(109)69-50-54-72(55-51-69)112-62-48-43-44-49-78(108)116-68-83(91,86(95,96)97)120-90(106,107)85(94,88(101,102)103)121-89(104,105)84(92,93)87(98,99)100/h50-61,66-67H,4-49,62-65,68H2,1-3H3. The fourth-order valence-corrected chi connectivity index (χ4v) is 13.0. The van der Waals surface area contributed by atoms with Crippen molar-refractivity contribution in [2.24, 2.45) is 0 Å². The maximum absolute atomic E-state index is 14.8. The van der Waals surface area contributed by atoms with E-state index >= 15 is 0 Å². The third-order valence-corrected chi connectivity index (χ3v) is 20.3. The lowest BCUT2D eigenvalue weighted by atomic mass is 10.0. The molecule has 0 heterocycles. The number of carbonyl (C=O) groups is 4. The molecule has 0 aliphatic heterocycles. The van der Waals surface area contributed by atoms with Crippen molar-refractivity contribution in [2.45, 2.75) is 365 Å². The van der Waals surface area contributed by atoms with Crippen LogP contribution in [0.3, 0.4) is 0 Å². The van der Waals surface area contributed by atoms with Gasteiger partial charge < -0.3 is 37.9 Å². The van der Waals surface area contributed by atoms with Gasteiger partial charge in [-0.25, -0.2) is 14.4 Å². The Kier molecular flexibility index (Phi) is 49.5. The topological polar surface area (TPSA) is 161 Å². The van der Waals surface area contributed by atoms with Crippen LogP contribution in [0.1, 0.15) is 347 Å². The number of ether oxygens (including phenoxy) is 10. The fraction of sp³-hybridized carbons (Fsp3) is 0.689. The molecule has 0 bridgehead atoms. The molecule has 0 saturated carbocycles. The molecule has 0 saturated heterocycles. The molecule has 0 radical (unpaired) electrons. The number of alkyl halides is 17. The molecular formula is C90H125F17O14. The van der Waals surface area contributed by atoms with Crippen LogP contribution in [0.4, 0.5) is 74.6 Å². The van der Waals surface area contributed by atoms with E-state index in [9.17, 15) is 93.8 Å². The largest absolute Gasteiger partial charge is 0.494 e. The first-order valence-corrected chi connectivity index (χ1v) is 43.5. The summed E-state index contributed by atoms with van der Waals surface area (Å²) in [6.07, 6.45) is 11.4. The van der Waals surface area contributed by atoms with Gasteiger partial charge in [-0.05, 0) is 123 Å². The molecule has 0 aliphatic rings. The Morgan fingerprint density at radius 3 is 0.876 bits per heavy atom. The van der Waals surface area contributed by atoms with Crippen molar-refractivity contribution in [3.8, 4) is 40.2 Å². The molecule has 0 aromatic heterocycles. The third kappa shape index (κ3) is 40.0. The number of rotatable bonds is 69. The summed E-state index contributed by atoms with van der Waals surface area (Å²) in [6, 6.07) is 19.8. The van der Waals surface area contributed by atoms with Gasteiger partial charge in [-0.15, -0.1) is 0 Å². The van der Waals surface area contributed by atoms with Gasteiger partial charge in [0.1, 0.15) is 23.0 Å². The second-order valence-corrected chi connectivity index (χ2v) is 30.8. The molecule has 2 atom stereocenters. The zero-order valence-corrected chi connectivity index (χ0v) is 70.3. The van der Waals surface area contributed by atoms with E-state index in [4.69, 9.17) is 33.2 Å². The first-order chi connectivity index (χ1) is 57.5. The van der Waals surface area contributed by atoms with Gasteiger partial charge >= 0.3 is 72.3 Å². The number of hydrogen-bond acceptors (Lipinski definition) is 14. The normalized spacial score (nSPS) is 13.3. The van der Waals surface area contributed by atoms with Gasteiger partial charge in [-0.1, -0.05) is 271 Å². The monoisotopic (exact) mass is 1750 g/mol. The summed E-state index contributed by atoms with van der Waals surface area (Å²) in [5, 5.41) is 0. The highest BCUT2D eigenvalue weighted by Gasteiger charge is 2.85. The Morgan fingerprint density at radius 2 is 0.562 bits per heavy atom. The van der Waals surface area contributed by atoms with Crippen LogP contribution in [0.15, 0.2) is 84.9 Å². The van der Waals surface area contributed by atoms with Crippen LogP contribution in [0.25, 0.3) is 0 Å². The summed E-state index contributed by atoms with van der Waals surface area (Å²) >= 11 is 0. The lowest BCUT2D eigenvalue weighted by Crippen LogP contribution is -2.67. The first kappa shape index (κ1) is 106. The molecule has 14 nitrogen and oxygen atoms in total. The van der Waals surface area contributed by atoms with Gasteiger partial charge in [0.25, 0.3) is 0 Å². The maximum atomic E-state index is 14.8. The molecule has 4 aromatic rings. The van der Waals surface area contributed by atoms with Crippen LogP contribution >= 0.6 is 0 Å². The molecule has 0 spiro atoms. The summed E-state index contributed by atoms with van der Waals surface area (Å²) in [7, 11) is 0. The molecule has 4 aromatic carbocycles. The van der Waals surface area contributed by atoms with Crippen LogP contribution in [0, 0.1) is 0 Å². The van der Waals surface area contributed by atoms with E-state index in [0.717, 1.165) is 57.8 Å². The van der Waals surface area contributed by atoms with Gasteiger partial charge in [0.15, 0.2) is 18.1 Å². The van der Waals surface area contributed by atoms with Gasteiger partial charge in [0.05, 0.1) is 43.1 Å². The molecule has 0 amide bonds. The third-order valence-electron chi connectivity index (χ3n) is 20.3. The zero-order valence-electron chi connectivity index (χ0n) is 70.3. The molecular weight excluding hydrogens is 1630 g/mol. The number of halogens is 17. The lowest BCUT2D eigenvalue weighted by Gasteiger charge is -2.40. The maximum Gasteiger partial charge on any atom is 0.462 e. The van der Waals surface area contributed by atoms with Crippen LogP contribution < -0.4 is 33.2 Å². The predicted octanol–water partition coefficient (Wildman–Crippen LogP) is 29.3. The lowest BCUT2D eigenvalue weighted by molar-refractivity contribution is -0.552. The van der Waals surface area contributed by atoms with E-state index in [1.807, 2.05) is 0 Å². The number of unbranched alkanes of at least 4 members (excludes halogenated alkanes) is 41. The molecule has 121 heavy (non-hydrogen) atoms. The molecule has 2 unspecified atom stereocenters. The molecule has 4 rings (SSSR count). The van der Waals surface area contributed by atoms with Gasteiger partial charge in [-0.3, -0.25) is 14.3 Å². The van der Waals surface area contributed by atoms with E-state index < -0.39 is 85.3 Å². The minimum atomic E-state index is -8.07. The number of benzene rings is 4. The number of esters is 4. The van der Waals surface area contributed by atoms with E-state index in [1.54, 1.807) is 12.1 Å². The van der Waals surface area contributed by atoms with Crippen LogP contribution in [0.2, 0.25) is 0 Å². The Morgan fingerprint density at radius 1 is 0.281 bits per heavy atom. The summed E-state index contributed by atoms with van der Waals surface area (Å²) in [6.45, 7) is 4.64. The minimum Gasteiger partial charge on any atom is -0.494 e. The van der Waals surface area contributed by atoms with E-state index in [2.05, 4.69) is 30.2 Å². The molecule has 688 valence electrons. The molecule has 0 fully saturated rings. The second-order valence-electron chi connectivity index (χ2n) is 30.8. The highest BCUT2D eigenvalue weighted by atomic mass is 19.4. The van der Waals surface area contributed by atoms with Crippen molar-refractivity contribution in [3.63, 3.8) is 0 Å².